The summed E-state index contributed by atoms with van der Waals surface area (Å²) >= 11 is 7.22. The first-order chi connectivity index (χ1) is 11.8. The number of nitrogens with zero attached hydrogens (tertiary/aromatic N) is 3. The lowest BCUT2D eigenvalue weighted by Crippen LogP contribution is -2.68. The van der Waals surface area contributed by atoms with E-state index in [2.05, 4.69) is 82.8 Å². The average molecular weight is 404 g/mol. The van der Waals surface area contributed by atoms with Crippen molar-refractivity contribution in [3.63, 3.8) is 0 Å². The zero-order valence-corrected chi connectivity index (χ0v) is 18.5. The highest BCUT2D eigenvalue weighted by Gasteiger charge is 2.44. The molecule has 2 aromatic carbocycles. The molecule has 2 aromatic rings. The summed E-state index contributed by atoms with van der Waals surface area (Å²) in [7, 11) is -4.05. The molecule has 0 atom stereocenters. The van der Waals surface area contributed by atoms with Gasteiger partial charge in [0.15, 0.2) is 16.5 Å². The highest BCUT2D eigenvalue weighted by atomic mass is 35.5. The van der Waals surface area contributed by atoms with Crippen molar-refractivity contribution in [3.05, 3.63) is 60.7 Å². The van der Waals surface area contributed by atoms with E-state index in [0.717, 1.165) is 0 Å². The fraction of sp³-hybridized carbons (Fsp3) is 0.222. The van der Waals surface area contributed by atoms with Gasteiger partial charge in [-0.25, -0.2) is 0 Å². The Morgan fingerprint density at radius 2 is 1.32 bits per heavy atom. The summed E-state index contributed by atoms with van der Waals surface area (Å²) in [6, 6.07) is 23.0. The Bertz CT molecular complexity index is 722. The lowest BCUT2D eigenvalue weighted by Gasteiger charge is -2.44. The van der Waals surface area contributed by atoms with E-state index in [4.69, 9.17) is 16.9 Å². The molecule has 0 saturated carbocycles. The van der Waals surface area contributed by atoms with E-state index in [9.17, 15) is 0 Å². The molecule has 0 N–H and O–H groups in total. The van der Waals surface area contributed by atoms with Crippen molar-refractivity contribution in [2.75, 3.05) is 0 Å². The molecule has 130 valence electrons. The number of hydrogen-bond acceptors (Lipinski definition) is 4. The van der Waals surface area contributed by atoms with Gasteiger partial charge < -0.3 is 0 Å². The second-order valence-electron chi connectivity index (χ2n) is 6.72. The molecule has 0 radical (unpaired) electrons. The Hall–Kier alpha value is -1.37. The van der Waals surface area contributed by atoms with E-state index >= 15 is 0 Å². The van der Waals surface area contributed by atoms with Gasteiger partial charge in [-0.2, -0.15) is 9.66 Å². The van der Waals surface area contributed by atoms with E-state index in [1.807, 2.05) is 18.2 Å². The molecule has 0 fully saturated rings. The lowest BCUT2D eigenvalue weighted by atomic mass is 10.4. The maximum Gasteiger partial charge on any atom is 0.215 e. The van der Waals surface area contributed by atoms with Gasteiger partial charge in [0.05, 0.1) is 12.1 Å². The SMILES string of the molecule is C[Si](C)(c1ccccc1)N(SN=C(Cl)C#N)[Si](C)(C)c1ccccc1. The number of nitriles is 1. The third kappa shape index (κ3) is 4.63. The van der Waals surface area contributed by atoms with Gasteiger partial charge in [0.2, 0.25) is 5.17 Å². The van der Waals surface area contributed by atoms with Crippen LogP contribution in [-0.4, -0.2) is 25.3 Å². The first-order valence-corrected chi connectivity index (χ1v) is 15.0. The van der Waals surface area contributed by atoms with Crippen molar-refractivity contribution in [2.24, 2.45) is 4.40 Å². The van der Waals surface area contributed by atoms with Crippen LogP contribution in [0.5, 0.6) is 0 Å². The molecular formula is C18H22ClN3SSi2. The van der Waals surface area contributed by atoms with E-state index < -0.39 is 16.5 Å². The van der Waals surface area contributed by atoms with Crippen LogP contribution in [0.1, 0.15) is 0 Å². The van der Waals surface area contributed by atoms with Crippen LogP contribution in [0.15, 0.2) is 65.1 Å². The van der Waals surface area contributed by atoms with Crippen LogP contribution in [0.4, 0.5) is 0 Å². The fourth-order valence-corrected chi connectivity index (χ4v) is 14.6. The predicted molar refractivity (Wildman–Crippen MR) is 115 cm³/mol. The minimum Gasteiger partial charge on any atom is -0.265 e. The number of halogens is 1. The fourth-order valence-electron chi connectivity index (χ4n) is 2.93. The van der Waals surface area contributed by atoms with Gasteiger partial charge in [0.25, 0.3) is 0 Å². The summed E-state index contributed by atoms with van der Waals surface area (Å²) in [4.78, 5) is 0. The molecule has 0 aliphatic carbocycles. The van der Waals surface area contributed by atoms with Gasteiger partial charge in [0.1, 0.15) is 6.07 Å². The van der Waals surface area contributed by atoms with Crippen LogP contribution in [0.2, 0.25) is 26.2 Å². The number of hydrogen-bond donors (Lipinski definition) is 0. The monoisotopic (exact) mass is 403 g/mol. The second kappa shape index (κ2) is 8.34. The van der Waals surface area contributed by atoms with Gasteiger partial charge in [-0.1, -0.05) is 86.9 Å². The third-order valence-electron chi connectivity index (χ3n) is 4.27. The van der Waals surface area contributed by atoms with Crippen LogP contribution in [0.3, 0.4) is 0 Å². The van der Waals surface area contributed by atoms with Gasteiger partial charge in [-0.3, -0.25) is 3.64 Å². The Balaban J connectivity index is 2.52. The number of benzene rings is 2. The van der Waals surface area contributed by atoms with Crippen LogP contribution >= 0.6 is 23.7 Å². The molecule has 0 aliphatic heterocycles. The Kier molecular flexibility index (Phi) is 6.66. The quantitative estimate of drug-likeness (QED) is 0.411. The minimum absolute atomic E-state index is 0.0225. The molecule has 2 rings (SSSR count). The average Bonchev–Trinajstić information content (AvgIpc) is 2.62. The summed E-state index contributed by atoms with van der Waals surface area (Å²) < 4.78 is 6.72. The normalized spacial score (nSPS) is 12.9. The molecule has 0 spiro atoms. The first-order valence-electron chi connectivity index (χ1n) is 8.02. The van der Waals surface area contributed by atoms with Crippen molar-refractivity contribution in [1.82, 2.24) is 3.64 Å². The first kappa shape index (κ1) is 20.0. The molecule has 0 aromatic heterocycles. The van der Waals surface area contributed by atoms with Crippen LogP contribution in [-0.2, 0) is 0 Å². The van der Waals surface area contributed by atoms with Crippen LogP contribution < -0.4 is 10.4 Å². The van der Waals surface area contributed by atoms with Crippen molar-refractivity contribution in [2.45, 2.75) is 26.2 Å². The summed E-state index contributed by atoms with van der Waals surface area (Å²) in [6.07, 6.45) is 0. The standard InChI is InChI=1S/C18H22ClN3SSi2/c1-24(2,16-11-7-5-8-12-16)22(23-21-18(19)15-20)25(3,4)17-13-9-6-10-14-17/h5-14H,1-4H3. The largest absolute Gasteiger partial charge is 0.265 e. The van der Waals surface area contributed by atoms with E-state index in [0.29, 0.717) is 0 Å². The molecule has 3 nitrogen and oxygen atoms in total. The van der Waals surface area contributed by atoms with Crippen LogP contribution in [0.25, 0.3) is 0 Å². The molecule has 0 unspecified atom stereocenters. The molecule has 0 amide bonds. The van der Waals surface area contributed by atoms with Crippen molar-refractivity contribution in [1.29, 1.82) is 5.26 Å². The Labute approximate surface area is 161 Å². The van der Waals surface area contributed by atoms with Gasteiger partial charge in [-0.05, 0) is 22.0 Å². The second-order valence-corrected chi connectivity index (χ2v) is 17.2. The zero-order valence-electron chi connectivity index (χ0n) is 14.9. The maximum absolute atomic E-state index is 8.97. The van der Waals surface area contributed by atoms with E-state index in [1.165, 1.54) is 22.5 Å². The maximum atomic E-state index is 8.97. The van der Waals surface area contributed by atoms with Gasteiger partial charge in [0, 0.05) is 0 Å². The minimum atomic E-state index is -2.02. The molecule has 0 aliphatic rings. The lowest BCUT2D eigenvalue weighted by molar-refractivity contribution is 1.02. The smallest absolute Gasteiger partial charge is 0.215 e. The summed E-state index contributed by atoms with van der Waals surface area (Å²) in [5.74, 6) is 0. The van der Waals surface area contributed by atoms with Gasteiger partial charge >= 0.3 is 0 Å². The highest BCUT2D eigenvalue weighted by molar-refractivity contribution is 7.99. The van der Waals surface area contributed by atoms with Crippen molar-refractivity contribution < 1.29 is 0 Å². The molecule has 0 heterocycles. The molecule has 7 heteroatoms. The van der Waals surface area contributed by atoms with Crippen LogP contribution in [0, 0.1) is 11.3 Å². The van der Waals surface area contributed by atoms with E-state index in [1.54, 1.807) is 0 Å². The molecule has 0 saturated heterocycles. The van der Waals surface area contributed by atoms with Crippen molar-refractivity contribution in [3.8, 4) is 6.07 Å². The van der Waals surface area contributed by atoms with Gasteiger partial charge in [-0.15, -0.1) is 0 Å². The zero-order chi connectivity index (χ0) is 18.5. The number of rotatable bonds is 6. The Morgan fingerprint density at radius 3 is 1.68 bits per heavy atom. The third-order valence-corrected chi connectivity index (χ3v) is 17.1. The summed E-state index contributed by atoms with van der Waals surface area (Å²) in [5.41, 5.74) is 0. The highest BCUT2D eigenvalue weighted by Crippen LogP contribution is 2.29. The topological polar surface area (TPSA) is 39.4 Å². The van der Waals surface area contributed by atoms with Crippen molar-refractivity contribution >= 4 is 55.8 Å². The molecule has 0 bridgehead atoms. The molecular weight excluding hydrogens is 382 g/mol. The predicted octanol–water partition coefficient (Wildman–Crippen LogP) is 4.24. The summed E-state index contributed by atoms with van der Waals surface area (Å²) in [6.45, 7) is 9.29. The Morgan fingerprint density at radius 1 is 0.920 bits per heavy atom. The van der Waals surface area contributed by atoms with E-state index in [-0.39, 0.29) is 5.17 Å². The molecule has 25 heavy (non-hydrogen) atoms. The summed E-state index contributed by atoms with van der Waals surface area (Å²) in [5, 5.41) is 11.6.